The number of ether oxygens (including phenoxy) is 1. The smallest absolute Gasteiger partial charge is 0.262 e. The van der Waals surface area contributed by atoms with Crippen molar-refractivity contribution in [2.75, 3.05) is 42.9 Å². The van der Waals surface area contributed by atoms with Gasteiger partial charge < -0.3 is 25.6 Å². The summed E-state index contributed by atoms with van der Waals surface area (Å²) in [6.07, 6.45) is 8.55. The van der Waals surface area contributed by atoms with E-state index in [1.165, 1.54) is 0 Å². The highest BCUT2D eigenvalue weighted by Crippen LogP contribution is 2.32. The molecule has 4 N–H and O–H groups in total. The number of nitriles is 1. The van der Waals surface area contributed by atoms with E-state index in [4.69, 9.17) is 4.74 Å². The van der Waals surface area contributed by atoms with E-state index < -0.39 is 29.7 Å². The van der Waals surface area contributed by atoms with Crippen molar-refractivity contribution >= 4 is 51.8 Å². The summed E-state index contributed by atoms with van der Waals surface area (Å²) in [5, 5.41) is 22.5. The Balaban J connectivity index is 0.711. The molecule has 1 aliphatic carbocycles. The van der Waals surface area contributed by atoms with Crippen molar-refractivity contribution in [2.45, 2.75) is 76.0 Å². The molecule has 3 fully saturated rings. The molecule has 0 bridgehead atoms. The lowest BCUT2D eigenvalue weighted by atomic mass is 9.92. The maximum atomic E-state index is 13.2. The summed E-state index contributed by atoms with van der Waals surface area (Å²) in [6.45, 7) is 4.21. The third kappa shape index (κ3) is 8.75. The maximum absolute atomic E-state index is 13.2. The second-order valence-electron chi connectivity index (χ2n) is 15.8. The molecule has 3 aliphatic heterocycles. The van der Waals surface area contributed by atoms with Gasteiger partial charge >= 0.3 is 0 Å². The van der Waals surface area contributed by atoms with E-state index in [2.05, 4.69) is 49.4 Å². The van der Waals surface area contributed by atoms with Crippen molar-refractivity contribution in [1.82, 2.24) is 25.8 Å². The molecule has 14 heteroatoms. The highest BCUT2D eigenvalue weighted by atomic mass is 16.5. The van der Waals surface area contributed by atoms with Crippen LogP contribution in [0.4, 0.5) is 11.4 Å². The largest absolute Gasteiger partial charge is 0.490 e. The Hall–Kier alpha value is -6.33. The van der Waals surface area contributed by atoms with E-state index >= 15 is 0 Å². The molecule has 3 aromatic carbocycles. The molecule has 0 radical (unpaired) electrons. The summed E-state index contributed by atoms with van der Waals surface area (Å²) >= 11 is 0. The molecule has 1 aromatic heterocycles. The van der Waals surface area contributed by atoms with Crippen LogP contribution in [-0.2, 0) is 9.59 Å². The molecule has 0 spiro atoms. The normalized spacial score (nSPS) is 20.9. The third-order valence-corrected chi connectivity index (χ3v) is 12.1. The van der Waals surface area contributed by atoms with E-state index in [0.29, 0.717) is 29.1 Å². The molecule has 1 saturated carbocycles. The standard InChI is InChI=1S/C45H48N8O6/c46-27-30-5-15-39(36-2-1-20-49-41(30)36)59-34-11-6-31(7-12-34)50-42(55)29-3-9-33(10-4-29)52-24-18-28(19-25-52)17-21-47-22-23-48-32-8-13-35-37(26-32)45(58)53(44(35)57)38-14-16-40(54)51-43(38)56/h1-5,8-10,13,15,20,26,28,31,34,38,47-48H,6-7,11-12,14,16-19,21-25H2,(H,50,55)(H,51,54,56). The fourth-order valence-electron chi connectivity index (χ4n) is 8.72. The van der Waals surface area contributed by atoms with Gasteiger partial charge in [0.05, 0.1) is 28.3 Å². The maximum Gasteiger partial charge on any atom is 0.262 e. The van der Waals surface area contributed by atoms with Gasteiger partial charge in [0.2, 0.25) is 11.8 Å². The van der Waals surface area contributed by atoms with Gasteiger partial charge in [-0.2, -0.15) is 5.26 Å². The topological polar surface area (TPSA) is 186 Å². The molecule has 1 unspecified atom stereocenters. The highest BCUT2D eigenvalue weighted by molar-refractivity contribution is 6.23. The SMILES string of the molecule is N#Cc1ccc(OC2CCC(NC(=O)c3ccc(N4CCC(CCNCCNc5ccc6c(c5)C(=O)N(C5CCC(=O)NC5=O)C6=O)CC4)cc3)CC2)c2cccnc12. The van der Waals surface area contributed by atoms with E-state index in [0.717, 1.165) is 98.5 Å². The number of pyridine rings is 1. The molecule has 59 heavy (non-hydrogen) atoms. The van der Waals surface area contributed by atoms with Gasteiger partial charge in [0.25, 0.3) is 17.7 Å². The first-order valence-electron chi connectivity index (χ1n) is 20.7. The van der Waals surface area contributed by atoms with Crippen molar-refractivity contribution < 1.29 is 28.7 Å². The Morgan fingerprint density at radius 1 is 0.864 bits per heavy atom. The molecule has 1 atom stereocenters. The Morgan fingerprint density at radius 2 is 1.64 bits per heavy atom. The van der Waals surface area contributed by atoms with Gasteiger partial charge in [-0.1, -0.05) is 0 Å². The zero-order valence-electron chi connectivity index (χ0n) is 32.9. The van der Waals surface area contributed by atoms with Gasteiger partial charge in [-0.3, -0.25) is 39.2 Å². The van der Waals surface area contributed by atoms with E-state index in [1.807, 2.05) is 30.3 Å². The van der Waals surface area contributed by atoms with E-state index in [-0.39, 0.29) is 42.0 Å². The molecule has 5 amide bonds. The van der Waals surface area contributed by atoms with Crippen LogP contribution in [0.1, 0.15) is 94.4 Å². The van der Waals surface area contributed by atoms with Crippen molar-refractivity contribution in [3.8, 4) is 11.8 Å². The summed E-state index contributed by atoms with van der Waals surface area (Å²) in [7, 11) is 0. The minimum Gasteiger partial charge on any atom is -0.490 e. The summed E-state index contributed by atoms with van der Waals surface area (Å²) in [5.74, 6) is -0.727. The number of anilines is 2. The molecule has 2 saturated heterocycles. The van der Waals surface area contributed by atoms with E-state index in [9.17, 15) is 29.2 Å². The fourth-order valence-corrected chi connectivity index (χ4v) is 8.72. The molecule has 8 rings (SSSR count). The quantitative estimate of drug-likeness (QED) is 0.106. The molecule has 14 nitrogen and oxygen atoms in total. The first-order chi connectivity index (χ1) is 28.7. The number of nitrogens with zero attached hydrogens (tertiary/aromatic N) is 4. The van der Waals surface area contributed by atoms with Gasteiger partial charge in [-0.25, -0.2) is 0 Å². The number of nitrogens with one attached hydrogen (secondary N) is 4. The second-order valence-corrected chi connectivity index (χ2v) is 15.8. The lowest BCUT2D eigenvalue weighted by Gasteiger charge is -2.34. The van der Waals surface area contributed by atoms with Gasteiger partial charge in [0.1, 0.15) is 17.9 Å². The van der Waals surface area contributed by atoms with Crippen LogP contribution < -0.4 is 30.9 Å². The number of fused-ring (bicyclic) bond motifs is 2. The first kappa shape index (κ1) is 39.5. The predicted molar refractivity (Wildman–Crippen MR) is 221 cm³/mol. The number of hydrogen-bond donors (Lipinski definition) is 4. The number of aromatic nitrogens is 1. The predicted octanol–water partition coefficient (Wildman–Crippen LogP) is 4.94. The molecular formula is C45H48N8O6. The van der Waals surface area contributed by atoms with E-state index in [1.54, 1.807) is 30.5 Å². The Morgan fingerprint density at radius 3 is 2.41 bits per heavy atom. The number of hydrogen-bond acceptors (Lipinski definition) is 11. The minimum atomic E-state index is -0.978. The summed E-state index contributed by atoms with van der Waals surface area (Å²) in [4.78, 5) is 70.8. The number of benzene rings is 3. The van der Waals surface area contributed by atoms with Crippen LogP contribution in [0.15, 0.2) is 72.9 Å². The molecule has 304 valence electrons. The van der Waals surface area contributed by atoms with Crippen molar-refractivity contribution in [1.29, 1.82) is 5.26 Å². The van der Waals surface area contributed by atoms with Crippen molar-refractivity contribution in [3.63, 3.8) is 0 Å². The highest BCUT2D eigenvalue weighted by Gasteiger charge is 2.44. The number of carbonyl (C=O) groups is 5. The Labute approximate surface area is 342 Å². The van der Waals surface area contributed by atoms with Crippen LogP contribution >= 0.6 is 0 Å². The van der Waals surface area contributed by atoms with Crippen molar-refractivity contribution in [2.24, 2.45) is 5.92 Å². The fraction of sp³-hybridized carbons (Fsp3) is 0.400. The number of amides is 5. The van der Waals surface area contributed by atoms with Gasteiger partial charge in [0.15, 0.2) is 0 Å². The molecule has 4 aromatic rings. The monoisotopic (exact) mass is 796 g/mol. The average molecular weight is 797 g/mol. The van der Waals surface area contributed by atoms with Crippen LogP contribution in [0.3, 0.4) is 0 Å². The van der Waals surface area contributed by atoms with Crippen molar-refractivity contribution in [3.05, 3.63) is 95.2 Å². The molecule has 4 heterocycles. The van der Waals surface area contributed by atoms with Gasteiger partial charge in [-0.15, -0.1) is 0 Å². The van der Waals surface area contributed by atoms with Crippen LogP contribution in [0.25, 0.3) is 10.9 Å². The number of imide groups is 2. The Kier molecular flexibility index (Phi) is 11.8. The van der Waals surface area contributed by atoms with Crippen LogP contribution in [0.2, 0.25) is 0 Å². The number of piperidine rings is 2. The van der Waals surface area contributed by atoms with Crippen LogP contribution in [0, 0.1) is 17.2 Å². The first-order valence-corrected chi connectivity index (χ1v) is 20.7. The van der Waals surface area contributed by atoms with Crippen LogP contribution in [-0.4, -0.2) is 90.3 Å². The zero-order chi connectivity index (χ0) is 40.9. The van der Waals surface area contributed by atoms with Gasteiger partial charge in [-0.05, 0) is 131 Å². The van der Waals surface area contributed by atoms with Crippen LogP contribution in [0.5, 0.6) is 5.75 Å². The summed E-state index contributed by atoms with van der Waals surface area (Å²) < 4.78 is 6.36. The van der Waals surface area contributed by atoms with Gasteiger partial charge in [0, 0.05) is 67.2 Å². The second kappa shape index (κ2) is 17.7. The minimum absolute atomic E-state index is 0.0407. The summed E-state index contributed by atoms with van der Waals surface area (Å²) in [6, 6.07) is 21.7. The number of carbonyl (C=O) groups excluding carboxylic acids is 5. The third-order valence-electron chi connectivity index (χ3n) is 12.1. The number of rotatable bonds is 13. The molecular weight excluding hydrogens is 749 g/mol. The Bertz CT molecular complexity index is 2290. The lowest BCUT2D eigenvalue weighted by molar-refractivity contribution is -0.136. The molecule has 4 aliphatic rings. The summed E-state index contributed by atoms with van der Waals surface area (Å²) in [5.41, 5.74) is 4.22. The average Bonchev–Trinajstić information content (AvgIpc) is 3.50. The lowest BCUT2D eigenvalue weighted by Crippen LogP contribution is -2.54. The zero-order valence-corrected chi connectivity index (χ0v) is 32.9.